The maximum Gasteiger partial charge on any atom is 0.293 e. The van der Waals surface area contributed by atoms with E-state index < -0.39 is 5.91 Å². The number of para-hydroxylation sites is 1. The molecule has 2 aromatic carbocycles. The molecule has 1 saturated heterocycles. The maximum absolute atomic E-state index is 12.8. The van der Waals surface area contributed by atoms with Crippen LogP contribution < -0.4 is 19.5 Å². The van der Waals surface area contributed by atoms with Crippen LogP contribution in [0.1, 0.15) is 11.1 Å². The highest BCUT2D eigenvalue weighted by atomic mass is 32.2. The van der Waals surface area contributed by atoms with Crippen molar-refractivity contribution in [2.24, 2.45) is 0 Å². The Kier molecular flexibility index (Phi) is 7.31. The number of H-pyrrole nitrogens is 1. The van der Waals surface area contributed by atoms with Gasteiger partial charge in [-0.1, -0.05) is 18.2 Å². The van der Waals surface area contributed by atoms with Crippen molar-refractivity contribution in [1.82, 2.24) is 15.2 Å². The summed E-state index contributed by atoms with van der Waals surface area (Å²) >= 11 is 0.846. The fraction of sp³-hybridized carbons (Fsp3) is 0.240. The lowest BCUT2D eigenvalue weighted by molar-refractivity contribution is -0.124. The lowest BCUT2D eigenvalue weighted by atomic mass is 10.1. The summed E-state index contributed by atoms with van der Waals surface area (Å²) in [6.45, 7) is 0.244. The number of fused-ring (bicyclic) bond motifs is 1. The van der Waals surface area contributed by atoms with Gasteiger partial charge in [0.2, 0.25) is 11.7 Å². The van der Waals surface area contributed by atoms with Gasteiger partial charge in [0.15, 0.2) is 11.5 Å². The molecule has 182 valence electrons. The number of ether oxygens (including phenoxy) is 3. The van der Waals surface area contributed by atoms with Gasteiger partial charge in [-0.05, 0) is 47.2 Å². The highest BCUT2D eigenvalue weighted by Crippen LogP contribution is 2.40. The van der Waals surface area contributed by atoms with E-state index in [-0.39, 0.29) is 35.6 Å². The van der Waals surface area contributed by atoms with Crippen LogP contribution in [-0.4, -0.2) is 61.4 Å². The molecule has 1 aromatic heterocycles. The Bertz CT molecular complexity index is 1290. The first-order chi connectivity index (χ1) is 16.9. The molecule has 0 spiro atoms. The molecule has 9 nitrogen and oxygen atoms in total. The van der Waals surface area contributed by atoms with Crippen molar-refractivity contribution in [3.8, 4) is 17.2 Å². The molecule has 1 aliphatic rings. The Hall–Kier alpha value is -3.92. The number of methoxy groups -OCH3 is 3. The fourth-order valence-corrected chi connectivity index (χ4v) is 4.71. The summed E-state index contributed by atoms with van der Waals surface area (Å²) < 4.78 is 16.0. The first-order valence-corrected chi connectivity index (χ1v) is 11.6. The molecule has 0 unspecified atom stereocenters. The maximum atomic E-state index is 12.8. The summed E-state index contributed by atoms with van der Waals surface area (Å²) in [5, 5.41) is 3.39. The summed E-state index contributed by atoms with van der Waals surface area (Å²) in [5.41, 5.74) is 2.47. The van der Waals surface area contributed by atoms with E-state index in [0.717, 1.165) is 33.1 Å². The number of thioether (sulfide) groups is 1. The monoisotopic (exact) mass is 495 g/mol. The van der Waals surface area contributed by atoms with Crippen molar-refractivity contribution in [2.45, 2.75) is 6.42 Å². The van der Waals surface area contributed by atoms with Crippen LogP contribution in [0.25, 0.3) is 17.0 Å². The Morgan fingerprint density at radius 2 is 1.80 bits per heavy atom. The average molecular weight is 496 g/mol. The highest BCUT2D eigenvalue weighted by molar-refractivity contribution is 8.18. The number of aromatic amines is 1. The van der Waals surface area contributed by atoms with Crippen molar-refractivity contribution < 1.29 is 28.6 Å². The number of imide groups is 1. The van der Waals surface area contributed by atoms with Crippen molar-refractivity contribution in [3.05, 3.63) is 58.6 Å². The second kappa shape index (κ2) is 10.6. The van der Waals surface area contributed by atoms with Crippen LogP contribution in [0.5, 0.6) is 17.2 Å². The number of amides is 3. The van der Waals surface area contributed by atoms with Gasteiger partial charge in [-0.15, -0.1) is 0 Å². The topological polar surface area (TPSA) is 110 Å². The van der Waals surface area contributed by atoms with Crippen molar-refractivity contribution in [2.75, 3.05) is 34.4 Å². The molecule has 3 aromatic rings. The molecule has 0 atom stereocenters. The molecule has 0 radical (unpaired) electrons. The Morgan fingerprint density at radius 1 is 1.09 bits per heavy atom. The number of carbonyl (C=O) groups excluding carboxylic acids is 3. The van der Waals surface area contributed by atoms with Crippen LogP contribution >= 0.6 is 11.8 Å². The van der Waals surface area contributed by atoms with E-state index in [1.54, 1.807) is 18.2 Å². The van der Waals surface area contributed by atoms with Gasteiger partial charge in [0.05, 0.1) is 32.7 Å². The third-order valence-corrected chi connectivity index (χ3v) is 6.45. The molecule has 1 fully saturated rings. The van der Waals surface area contributed by atoms with Crippen LogP contribution in [0.3, 0.4) is 0 Å². The Balaban J connectivity index is 1.38. The van der Waals surface area contributed by atoms with Crippen LogP contribution in [0, 0.1) is 0 Å². The standard InChI is InChI=1S/C25H25N3O6S/c1-32-19-10-15(11-20(33-2)23(19)34-3)12-21-24(30)28(25(31)35-21)9-8-26-22(29)13-16-14-27-18-7-5-4-6-17(16)18/h4-7,10-12,14,27H,8-9,13H2,1-3H3,(H,26,29)/b21-12-. The molecule has 0 saturated carbocycles. The molecule has 0 bridgehead atoms. The zero-order valence-corrected chi connectivity index (χ0v) is 20.4. The zero-order valence-electron chi connectivity index (χ0n) is 19.5. The molecule has 2 N–H and O–H groups in total. The lowest BCUT2D eigenvalue weighted by Crippen LogP contribution is -2.37. The number of nitrogens with one attached hydrogen (secondary N) is 2. The molecular formula is C25H25N3O6S. The van der Waals surface area contributed by atoms with Gasteiger partial charge >= 0.3 is 0 Å². The molecule has 3 amide bonds. The quantitative estimate of drug-likeness (QED) is 0.437. The third kappa shape index (κ3) is 5.12. The first-order valence-electron chi connectivity index (χ1n) is 10.8. The summed E-state index contributed by atoms with van der Waals surface area (Å²) in [6.07, 6.45) is 3.62. The van der Waals surface area contributed by atoms with Gasteiger partial charge in [0.25, 0.3) is 11.1 Å². The minimum atomic E-state index is -0.417. The SMILES string of the molecule is COc1cc(/C=C2\SC(=O)N(CCNC(=O)Cc3c[nH]c4ccccc34)C2=O)cc(OC)c1OC. The van der Waals surface area contributed by atoms with Crippen LogP contribution in [-0.2, 0) is 16.0 Å². The molecule has 1 aliphatic heterocycles. The van der Waals surface area contributed by atoms with E-state index in [1.165, 1.54) is 21.3 Å². The molecular weight excluding hydrogens is 470 g/mol. The van der Waals surface area contributed by atoms with Gasteiger partial charge in [-0.25, -0.2) is 0 Å². The summed E-state index contributed by atoms with van der Waals surface area (Å²) in [6, 6.07) is 11.1. The Morgan fingerprint density at radius 3 is 2.49 bits per heavy atom. The van der Waals surface area contributed by atoms with E-state index in [9.17, 15) is 14.4 Å². The van der Waals surface area contributed by atoms with Crippen molar-refractivity contribution >= 4 is 45.8 Å². The second-order valence-corrected chi connectivity index (χ2v) is 8.67. The summed E-state index contributed by atoms with van der Waals surface area (Å²) in [7, 11) is 4.51. The van der Waals surface area contributed by atoms with Crippen molar-refractivity contribution in [1.29, 1.82) is 0 Å². The number of rotatable bonds is 9. The van der Waals surface area contributed by atoms with Crippen molar-refractivity contribution in [3.63, 3.8) is 0 Å². The molecule has 10 heteroatoms. The van der Waals surface area contributed by atoms with Crippen LogP contribution in [0.2, 0.25) is 0 Å². The number of benzene rings is 2. The molecule has 0 aliphatic carbocycles. The third-order valence-electron chi connectivity index (χ3n) is 5.54. The smallest absolute Gasteiger partial charge is 0.293 e. The zero-order chi connectivity index (χ0) is 24.9. The van der Waals surface area contributed by atoms with E-state index in [0.29, 0.717) is 22.8 Å². The van der Waals surface area contributed by atoms with Gasteiger partial charge in [0, 0.05) is 30.2 Å². The number of hydrogen-bond donors (Lipinski definition) is 2. The summed E-state index contributed by atoms with van der Waals surface area (Å²) in [4.78, 5) is 42.2. The molecule has 4 rings (SSSR count). The molecule has 35 heavy (non-hydrogen) atoms. The van der Waals surface area contributed by atoms with E-state index >= 15 is 0 Å². The largest absolute Gasteiger partial charge is 0.493 e. The number of aromatic nitrogens is 1. The predicted molar refractivity (Wildman–Crippen MR) is 134 cm³/mol. The minimum absolute atomic E-state index is 0.0802. The van der Waals surface area contributed by atoms with E-state index in [1.807, 2.05) is 30.5 Å². The normalized spacial score (nSPS) is 14.6. The lowest BCUT2D eigenvalue weighted by Gasteiger charge is -2.13. The van der Waals surface area contributed by atoms with Gasteiger partial charge in [-0.2, -0.15) is 0 Å². The number of hydrogen-bond acceptors (Lipinski definition) is 7. The van der Waals surface area contributed by atoms with Gasteiger partial charge in [-0.3, -0.25) is 19.3 Å². The minimum Gasteiger partial charge on any atom is -0.493 e. The van der Waals surface area contributed by atoms with Crippen LogP contribution in [0.15, 0.2) is 47.5 Å². The predicted octanol–water partition coefficient (Wildman–Crippen LogP) is 3.59. The molecule has 2 heterocycles. The highest BCUT2D eigenvalue weighted by Gasteiger charge is 2.34. The van der Waals surface area contributed by atoms with Gasteiger partial charge < -0.3 is 24.5 Å². The first kappa shape index (κ1) is 24.2. The van der Waals surface area contributed by atoms with E-state index in [4.69, 9.17) is 14.2 Å². The number of carbonyl (C=O) groups is 3. The fourth-order valence-electron chi connectivity index (χ4n) is 3.85. The van der Waals surface area contributed by atoms with Crippen LogP contribution in [0.4, 0.5) is 4.79 Å². The summed E-state index contributed by atoms with van der Waals surface area (Å²) in [5.74, 6) is 0.712. The second-order valence-electron chi connectivity index (χ2n) is 7.68. The average Bonchev–Trinajstić information content (AvgIpc) is 3.38. The number of nitrogens with zero attached hydrogens (tertiary/aromatic N) is 1. The van der Waals surface area contributed by atoms with Gasteiger partial charge in [0.1, 0.15) is 0 Å². The van der Waals surface area contributed by atoms with E-state index in [2.05, 4.69) is 10.3 Å². The Labute approximate surface area is 206 Å².